The molecule has 2 aliphatic rings. The Morgan fingerprint density at radius 3 is 2.80 bits per heavy atom. The fraction of sp³-hybridized carbons (Fsp3) is 0.500. The average molecular weight is 206 g/mol. The van der Waals surface area contributed by atoms with Crippen molar-refractivity contribution < 1.29 is 14.8 Å². The van der Waals surface area contributed by atoms with E-state index in [4.69, 9.17) is 9.47 Å². The molecule has 1 saturated heterocycles. The van der Waals surface area contributed by atoms with E-state index >= 15 is 0 Å². The number of fused-ring (bicyclic) bond motifs is 1. The molecule has 3 rings (SSSR count). The van der Waals surface area contributed by atoms with Crippen LogP contribution in [-0.4, -0.2) is 19.8 Å². The van der Waals surface area contributed by atoms with Crippen LogP contribution in [-0.2, 0) is 0 Å². The van der Waals surface area contributed by atoms with Gasteiger partial charge in [0.05, 0.1) is 6.54 Å². The number of hydrogen-bond donors (Lipinski definition) is 1. The Morgan fingerprint density at radius 2 is 2.00 bits per heavy atom. The van der Waals surface area contributed by atoms with Crippen LogP contribution in [0.5, 0.6) is 11.5 Å². The van der Waals surface area contributed by atoms with Crippen LogP contribution in [0.15, 0.2) is 18.2 Å². The number of rotatable bonds is 1. The summed E-state index contributed by atoms with van der Waals surface area (Å²) in [5.74, 6) is 1.81. The Kier molecular flexibility index (Phi) is 2.25. The van der Waals surface area contributed by atoms with Crippen molar-refractivity contribution in [2.45, 2.75) is 18.9 Å². The Morgan fingerprint density at radius 1 is 1.13 bits per heavy atom. The summed E-state index contributed by atoms with van der Waals surface area (Å²) in [5.41, 5.74) is 1.37. The summed E-state index contributed by atoms with van der Waals surface area (Å²) in [6.45, 7) is 2.59. The molecule has 2 N–H and O–H groups in total. The lowest BCUT2D eigenvalue weighted by molar-refractivity contribution is -0.676. The van der Waals surface area contributed by atoms with Gasteiger partial charge in [0.15, 0.2) is 11.5 Å². The molecule has 0 aromatic heterocycles. The van der Waals surface area contributed by atoms with Gasteiger partial charge in [-0.25, -0.2) is 0 Å². The number of nitrogens with two attached hydrogens (primary N) is 1. The van der Waals surface area contributed by atoms with E-state index in [1.165, 1.54) is 24.9 Å². The minimum absolute atomic E-state index is 0.626. The van der Waals surface area contributed by atoms with Crippen LogP contribution in [0.2, 0.25) is 0 Å². The highest BCUT2D eigenvalue weighted by molar-refractivity contribution is 5.44. The predicted molar refractivity (Wildman–Crippen MR) is 56.2 cm³/mol. The van der Waals surface area contributed by atoms with E-state index in [1.54, 1.807) is 0 Å². The van der Waals surface area contributed by atoms with E-state index in [2.05, 4.69) is 17.4 Å². The van der Waals surface area contributed by atoms with Crippen LogP contribution < -0.4 is 14.8 Å². The fourth-order valence-electron chi connectivity index (χ4n) is 2.37. The van der Waals surface area contributed by atoms with Gasteiger partial charge < -0.3 is 14.8 Å². The van der Waals surface area contributed by atoms with Crippen molar-refractivity contribution in [3.8, 4) is 11.5 Å². The molecule has 2 heterocycles. The summed E-state index contributed by atoms with van der Waals surface area (Å²) in [7, 11) is 0. The molecule has 80 valence electrons. The highest BCUT2D eigenvalue weighted by Crippen LogP contribution is 2.33. The average Bonchev–Trinajstić information content (AvgIpc) is 2.82. The van der Waals surface area contributed by atoms with Crippen LogP contribution in [0.3, 0.4) is 0 Å². The largest absolute Gasteiger partial charge is 0.486 e. The lowest BCUT2D eigenvalue weighted by Crippen LogP contribution is -2.81. The quantitative estimate of drug-likeness (QED) is 0.739. The molecule has 0 radical (unpaired) electrons. The van der Waals surface area contributed by atoms with Crippen LogP contribution >= 0.6 is 0 Å². The monoisotopic (exact) mass is 206 g/mol. The first-order valence-electron chi connectivity index (χ1n) is 5.66. The molecule has 1 atom stereocenters. The molecular weight excluding hydrogens is 190 g/mol. The van der Waals surface area contributed by atoms with E-state index in [1.807, 2.05) is 6.07 Å². The summed E-state index contributed by atoms with van der Waals surface area (Å²) in [6.07, 6.45) is 2.60. The summed E-state index contributed by atoms with van der Waals surface area (Å²) >= 11 is 0. The van der Waals surface area contributed by atoms with Crippen molar-refractivity contribution in [2.75, 3.05) is 19.8 Å². The molecule has 0 aliphatic carbocycles. The Labute approximate surface area is 89.4 Å². The molecule has 0 bridgehead atoms. The van der Waals surface area contributed by atoms with Gasteiger partial charge in [0.1, 0.15) is 19.3 Å². The Bertz CT molecular complexity index is 359. The van der Waals surface area contributed by atoms with Gasteiger partial charge in [0.2, 0.25) is 0 Å². The Balaban J connectivity index is 1.89. The Hall–Kier alpha value is -1.22. The number of hydrogen-bond acceptors (Lipinski definition) is 2. The molecule has 1 aromatic rings. The SMILES string of the molecule is c1cc2c(cc1[C@H]1CCC[NH2+]1)OCCO2. The van der Waals surface area contributed by atoms with E-state index in [-0.39, 0.29) is 0 Å². The van der Waals surface area contributed by atoms with E-state index in [9.17, 15) is 0 Å². The minimum Gasteiger partial charge on any atom is -0.486 e. The van der Waals surface area contributed by atoms with Gasteiger partial charge in [-0.05, 0) is 18.2 Å². The van der Waals surface area contributed by atoms with Crippen LogP contribution in [0.25, 0.3) is 0 Å². The third kappa shape index (κ3) is 1.67. The minimum atomic E-state index is 0.626. The van der Waals surface area contributed by atoms with Gasteiger partial charge in [-0.3, -0.25) is 0 Å². The lowest BCUT2D eigenvalue weighted by atomic mass is 10.0. The van der Waals surface area contributed by atoms with Crippen molar-refractivity contribution in [3.63, 3.8) is 0 Å². The van der Waals surface area contributed by atoms with E-state index in [0.717, 1.165) is 11.5 Å². The van der Waals surface area contributed by atoms with Crippen LogP contribution in [0.4, 0.5) is 0 Å². The molecule has 15 heavy (non-hydrogen) atoms. The van der Waals surface area contributed by atoms with E-state index in [0.29, 0.717) is 19.3 Å². The maximum absolute atomic E-state index is 5.58. The van der Waals surface area contributed by atoms with Crippen molar-refractivity contribution in [1.29, 1.82) is 0 Å². The second-order valence-corrected chi connectivity index (χ2v) is 4.18. The molecule has 0 amide bonds. The molecule has 0 spiro atoms. The standard InChI is InChI=1S/C12H15NO2/c1-2-10(13-5-1)9-3-4-11-12(8-9)15-7-6-14-11/h3-4,8,10,13H,1-2,5-7H2/p+1/t10-/m1/s1. The second-order valence-electron chi connectivity index (χ2n) is 4.18. The van der Waals surface area contributed by atoms with Crippen molar-refractivity contribution in [2.24, 2.45) is 0 Å². The molecule has 0 saturated carbocycles. The molecule has 1 fully saturated rings. The zero-order valence-electron chi connectivity index (χ0n) is 8.74. The molecule has 3 nitrogen and oxygen atoms in total. The number of ether oxygens (including phenoxy) is 2. The third-order valence-electron chi connectivity index (χ3n) is 3.16. The van der Waals surface area contributed by atoms with Gasteiger partial charge in [0.25, 0.3) is 0 Å². The molecule has 3 heteroatoms. The molecule has 0 unspecified atom stereocenters. The van der Waals surface area contributed by atoms with Gasteiger partial charge in [-0.15, -0.1) is 0 Å². The maximum atomic E-state index is 5.58. The zero-order chi connectivity index (χ0) is 10.1. The third-order valence-corrected chi connectivity index (χ3v) is 3.16. The first kappa shape index (κ1) is 9.04. The summed E-state index contributed by atoms with van der Waals surface area (Å²) in [6, 6.07) is 6.97. The van der Waals surface area contributed by atoms with Gasteiger partial charge in [0, 0.05) is 18.4 Å². The summed E-state index contributed by atoms with van der Waals surface area (Å²) < 4.78 is 11.1. The van der Waals surface area contributed by atoms with Gasteiger partial charge >= 0.3 is 0 Å². The number of quaternary nitrogens is 1. The first-order chi connectivity index (χ1) is 7.43. The van der Waals surface area contributed by atoms with Crippen LogP contribution in [0, 0.1) is 0 Å². The van der Waals surface area contributed by atoms with E-state index < -0.39 is 0 Å². The zero-order valence-corrected chi connectivity index (χ0v) is 8.74. The highest BCUT2D eigenvalue weighted by atomic mass is 16.6. The molecule has 2 aliphatic heterocycles. The molecule has 1 aromatic carbocycles. The number of benzene rings is 1. The van der Waals surface area contributed by atoms with Crippen molar-refractivity contribution in [1.82, 2.24) is 0 Å². The second kappa shape index (κ2) is 3.74. The smallest absolute Gasteiger partial charge is 0.161 e. The predicted octanol–water partition coefficient (Wildman–Crippen LogP) is 0.856. The summed E-state index contributed by atoms with van der Waals surface area (Å²) in [5, 5.41) is 2.41. The maximum Gasteiger partial charge on any atom is 0.161 e. The van der Waals surface area contributed by atoms with Crippen LogP contribution in [0.1, 0.15) is 24.4 Å². The highest BCUT2D eigenvalue weighted by Gasteiger charge is 2.22. The first-order valence-corrected chi connectivity index (χ1v) is 5.66. The van der Waals surface area contributed by atoms with Gasteiger partial charge in [-0.2, -0.15) is 0 Å². The normalized spacial score (nSPS) is 24.1. The summed E-state index contributed by atoms with van der Waals surface area (Å²) in [4.78, 5) is 0. The lowest BCUT2D eigenvalue weighted by Gasteiger charge is -2.19. The molecular formula is C12H16NO2+. The topological polar surface area (TPSA) is 35.1 Å². The van der Waals surface area contributed by atoms with Crippen molar-refractivity contribution in [3.05, 3.63) is 23.8 Å². The fourth-order valence-corrected chi connectivity index (χ4v) is 2.37. The van der Waals surface area contributed by atoms with Gasteiger partial charge in [-0.1, -0.05) is 0 Å². The van der Waals surface area contributed by atoms with Crippen molar-refractivity contribution >= 4 is 0 Å².